The van der Waals surface area contributed by atoms with Gasteiger partial charge in [-0.25, -0.2) is 0 Å². The Kier molecular flexibility index (Phi) is 4.83. The van der Waals surface area contributed by atoms with Gasteiger partial charge in [0.25, 0.3) is 0 Å². The summed E-state index contributed by atoms with van der Waals surface area (Å²) in [6.45, 7) is 9.50. The third-order valence-electron chi connectivity index (χ3n) is 3.56. The van der Waals surface area contributed by atoms with Crippen LogP contribution in [0.2, 0.25) is 0 Å². The molecule has 104 valence electrons. The molecule has 19 heavy (non-hydrogen) atoms. The van der Waals surface area contributed by atoms with Gasteiger partial charge in [-0.2, -0.15) is 5.10 Å². The average Bonchev–Trinajstić information content (AvgIpc) is 2.42. The first kappa shape index (κ1) is 13.9. The van der Waals surface area contributed by atoms with Gasteiger partial charge in [0.1, 0.15) is 0 Å². The first-order valence-electron chi connectivity index (χ1n) is 7.35. The van der Waals surface area contributed by atoms with Crippen LogP contribution in [0.1, 0.15) is 44.2 Å². The topological polar surface area (TPSA) is 27.6 Å². The number of rotatable bonds is 4. The quantitative estimate of drug-likeness (QED) is 0.836. The molecule has 0 aliphatic carbocycles. The Morgan fingerprint density at radius 1 is 1.26 bits per heavy atom. The fraction of sp³-hybridized carbons (Fsp3) is 0.562. The van der Waals surface area contributed by atoms with Crippen LogP contribution < -0.4 is 5.32 Å². The summed E-state index contributed by atoms with van der Waals surface area (Å²) in [5.74, 6) is 0. The van der Waals surface area contributed by atoms with Crippen LogP contribution in [-0.4, -0.2) is 30.4 Å². The van der Waals surface area contributed by atoms with E-state index in [2.05, 4.69) is 49.3 Å². The molecule has 0 saturated carbocycles. The van der Waals surface area contributed by atoms with Crippen LogP contribution in [0.3, 0.4) is 0 Å². The van der Waals surface area contributed by atoms with E-state index in [1.165, 1.54) is 36.1 Å². The number of aryl methyl sites for hydroxylation is 1. The average molecular weight is 259 g/mol. The molecular formula is C16H25N3. The van der Waals surface area contributed by atoms with E-state index in [0.29, 0.717) is 0 Å². The maximum absolute atomic E-state index is 4.80. The molecule has 1 aliphatic heterocycles. The second-order valence-electron chi connectivity index (χ2n) is 5.28. The molecule has 3 heteroatoms. The Hall–Kier alpha value is -1.51. The highest BCUT2D eigenvalue weighted by atomic mass is 15.4. The molecule has 1 aromatic rings. The zero-order chi connectivity index (χ0) is 13.7. The van der Waals surface area contributed by atoms with E-state index in [0.717, 1.165) is 25.3 Å². The van der Waals surface area contributed by atoms with Crippen LogP contribution in [-0.2, 0) is 0 Å². The van der Waals surface area contributed by atoms with Crippen molar-refractivity contribution in [1.29, 1.82) is 0 Å². The highest BCUT2D eigenvalue weighted by molar-refractivity contribution is 6.03. The summed E-state index contributed by atoms with van der Waals surface area (Å²) >= 11 is 0. The molecule has 0 amide bonds. The summed E-state index contributed by atoms with van der Waals surface area (Å²) in [5.41, 5.74) is 4.81. The third-order valence-corrected chi connectivity index (χ3v) is 3.56. The zero-order valence-electron chi connectivity index (χ0n) is 12.4. The molecule has 1 N–H and O–H groups in total. The van der Waals surface area contributed by atoms with E-state index in [1.807, 2.05) is 0 Å². The van der Waals surface area contributed by atoms with Crippen molar-refractivity contribution in [2.75, 3.05) is 25.0 Å². The lowest BCUT2D eigenvalue weighted by molar-refractivity contribution is 0.239. The van der Waals surface area contributed by atoms with Gasteiger partial charge < -0.3 is 5.32 Å². The number of piperidine rings is 1. The van der Waals surface area contributed by atoms with E-state index in [9.17, 15) is 0 Å². The molecular weight excluding hydrogens is 234 g/mol. The molecule has 1 fully saturated rings. The van der Waals surface area contributed by atoms with Gasteiger partial charge in [0, 0.05) is 30.9 Å². The number of hydrogen-bond acceptors (Lipinski definition) is 3. The number of nitrogens with zero attached hydrogens (tertiary/aromatic N) is 2. The molecule has 1 saturated heterocycles. The van der Waals surface area contributed by atoms with Crippen molar-refractivity contribution in [3.8, 4) is 0 Å². The molecule has 0 aromatic heterocycles. The summed E-state index contributed by atoms with van der Waals surface area (Å²) in [5, 5.41) is 10.4. The smallest absolute Gasteiger partial charge is 0.0667 e. The lowest BCUT2D eigenvalue weighted by atomic mass is 10.1. The van der Waals surface area contributed by atoms with Gasteiger partial charge in [0.15, 0.2) is 0 Å². The van der Waals surface area contributed by atoms with E-state index in [4.69, 9.17) is 5.10 Å². The van der Waals surface area contributed by atoms with Crippen LogP contribution in [0.5, 0.6) is 0 Å². The van der Waals surface area contributed by atoms with E-state index in [1.54, 1.807) is 0 Å². The normalized spacial score (nSPS) is 16.6. The Bertz CT molecular complexity index is 445. The molecule has 0 radical (unpaired) electrons. The first-order valence-corrected chi connectivity index (χ1v) is 7.35. The monoisotopic (exact) mass is 259 g/mol. The fourth-order valence-electron chi connectivity index (χ4n) is 2.55. The molecule has 1 heterocycles. The molecule has 0 spiro atoms. The minimum atomic E-state index is 0.938. The fourth-order valence-corrected chi connectivity index (χ4v) is 2.55. The summed E-state index contributed by atoms with van der Waals surface area (Å²) in [7, 11) is 0. The van der Waals surface area contributed by atoms with Crippen molar-refractivity contribution < 1.29 is 0 Å². The van der Waals surface area contributed by atoms with Crippen LogP contribution in [0.4, 0.5) is 5.69 Å². The van der Waals surface area contributed by atoms with Crippen LogP contribution in [0.15, 0.2) is 23.3 Å². The maximum Gasteiger partial charge on any atom is 0.0667 e. The second kappa shape index (κ2) is 6.60. The van der Waals surface area contributed by atoms with Gasteiger partial charge >= 0.3 is 0 Å². The van der Waals surface area contributed by atoms with Gasteiger partial charge in [-0.3, -0.25) is 5.01 Å². The van der Waals surface area contributed by atoms with E-state index < -0.39 is 0 Å². The number of hydrazone groups is 1. The highest BCUT2D eigenvalue weighted by Gasteiger charge is 2.10. The molecule has 0 atom stereocenters. The van der Waals surface area contributed by atoms with Gasteiger partial charge in [0.2, 0.25) is 0 Å². The minimum Gasteiger partial charge on any atom is -0.385 e. The zero-order valence-corrected chi connectivity index (χ0v) is 12.4. The first-order chi connectivity index (χ1) is 9.20. The van der Waals surface area contributed by atoms with Gasteiger partial charge in [-0.05, 0) is 52.2 Å². The van der Waals surface area contributed by atoms with Crippen LogP contribution >= 0.6 is 0 Å². The predicted molar refractivity (Wildman–Crippen MR) is 83.0 cm³/mol. The molecule has 2 rings (SSSR count). The largest absolute Gasteiger partial charge is 0.385 e. The Labute approximate surface area is 116 Å². The number of nitrogens with one attached hydrogen (secondary N) is 1. The van der Waals surface area contributed by atoms with Crippen LogP contribution in [0.25, 0.3) is 0 Å². The molecule has 3 nitrogen and oxygen atoms in total. The summed E-state index contributed by atoms with van der Waals surface area (Å²) in [4.78, 5) is 0. The van der Waals surface area contributed by atoms with Crippen molar-refractivity contribution >= 4 is 11.4 Å². The predicted octanol–water partition coefficient (Wildman–Crippen LogP) is 3.64. The lowest BCUT2D eigenvalue weighted by Gasteiger charge is -2.24. The van der Waals surface area contributed by atoms with Gasteiger partial charge in [-0.1, -0.05) is 11.6 Å². The number of benzene rings is 1. The molecule has 0 bridgehead atoms. The standard InChI is InChI=1S/C16H25N3/c1-4-17-16-9-8-13(2)12-15(16)14(3)18-19-10-6-5-7-11-19/h8-9,12,17H,4-7,10-11H2,1-3H3/b18-14+. The van der Waals surface area contributed by atoms with Crippen molar-refractivity contribution in [1.82, 2.24) is 5.01 Å². The van der Waals surface area contributed by atoms with Crippen molar-refractivity contribution in [2.45, 2.75) is 40.0 Å². The maximum atomic E-state index is 4.80. The minimum absolute atomic E-state index is 0.938. The Morgan fingerprint density at radius 3 is 2.68 bits per heavy atom. The second-order valence-corrected chi connectivity index (χ2v) is 5.28. The summed E-state index contributed by atoms with van der Waals surface area (Å²) in [6.07, 6.45) is 3.88. The Morgan fingerprint density at radius 2 is 2.00 bits per heavy atom. The van der Waals surface area contributed by atoms with Crippen LogP contribution in [0, 0.1) is 6.92 Å². The summed E-state index contributed by atoms with van der Waals surface area (Å²) < 4.78 is 0. The SMILES string of the molecule is CCNc1ccc(C)cc1/C(C)=N/N1CCCCC1. The molecule has 0 unspecified atom stereocenters. The van der Waals surface area contributed by atoms with Gasteiger partial charge in [-0.15, -0.1) is 0 Å². The van der Waals surface area contributed by atoms with Crippen molar-refractivity contribution in [3.63, 3.8) is 0 Å². The van der Waals surface area contributed by atoms with Crippen molar-refractivity contribution in [3.05, 3.63) is 29.3 Å². The lowest BCUT2D eigenvalue weighted by Crippen LogP contribution is -2.26. The van der Waals surface area contributed by atoms with E-state index >= 15 is 0 Å². The highest BCUT2D eigenvalue weighted by Crippen LogP contribution is 2.19. The van der Waals surface area contributed by atoms with Gasteiger partial charge in [0.05, 0.1) is 5.71 Å². The molecule has 1 aliphatic rings. The van der Waals surface area contributed by atoms with E-state index in [-0.39, 0.29) is 0 Å². The Balaban J connectivity index is 2.23. The summed E-state index contributed by atoms with van der Waals surface area (Å²) in [6, 6.07) is 6.53. The number of hydrogen-bond donors (Lipinski definition) is 1. The van der Waals surface area contributed by atoms with Crippen molar-refractivity contribution in [2.24, 2.45) is 5.10 Å². The number of anilines is 1. The third kappa shape index (κ3) is 3.72. The molecule has 1 aromatic carbocycles.